The summed E-state index contributed by atoms with van der Waals surface area (Å²) in [4.78, 5) is 0. The molecule has 0 aromatic heterocycles. The Morgan fingerprint density at radius 1 is 0.524 bits per heavy atom. The smallest absolute Gasteiger partial charge is 0.00257 e. The number of aryl methyl sites for hydroxylation is 2. The molecule has 0 heterocycles. The Kier molecular flexibility index (Phi) is 5.78. The first-order valence-corrected chi connectivity index (χ1v) is 7.35. The summed E-state index contributed by atoms with van der Waals surface area (Å²) in [6, 6.07) is 29.5. The van der Waals surface area contributed by atoms with Gasteiger partial charge in [-0.1, -0.05) is 96.1 Å². The van der Waals surface area contributed by atoms with Crippen LogP contribution in [0.5, 0.6) is 0 Å². The van der Waals surface area contributed by atoms with Crippen LogP contribution in [-0.2, 0) is 6.42 Å². The third-order valence-electron chi connectivity index (χ3n) is 3.27. The highest BCUT2D eigenvalue weighted by molar-refractivity contribution is 5.28. The van der Waals surface area contributed by atoms with Gasteiger partial charge in [0.1, 0.15) is 0 Å². The predicted octanol–water partition coefficient (Wildman–Crippen LogP) is 5.58. The molecule has 0 N–H and O–H groups in total. The Morgan fingerprint density at radius 3 is 1.57 bits per heavy atom. The second-order valence-electron chi connectivity index (χ2n) is 5.31. The minimum absolute atomic E-state index is 1.03. The number of rotatable bonds is 2. The van der Waals surface area contributed by atoms with E-state index in [1.54, 1.807) is 0 Å². The molecule has 3 aromatic carbocycles. The van der Waals surface area contributed by atoms with E-state index in [1.807, 2.05) is 18.2 Å². The monoisotopic (exact) mass is 274 g/mol. The minimum atomic E-state index is 1.03. The van der Waals surface area contributed by atoms with Gasteiger partial charge in [0.05, 0.1) is 0 Å². The fourth-order valence-electron chi connectivity index (χ4n) is 2.19. The quantitative estimate of drug-likeness (QED) is 0.572. The van der Waals surface area contributed by atoms with E-state index in [0.29, 0.717) is 0 Å². The zero-order valence-electron chi connectivity index (χ0n) is 12.8. The van der Waals surface area contributed by atoms with Gasteiger partial charge >= 0.3 is 0 Å². The summed E-state index contributed by atoms with van der Waals surface area (Å²) in [6.07, 6.45) is 1.03. The van der Waals surface area contributed by atoms with Gasteiger partial charge in [0, 0.05) is 0 Å². The Balaban J connectivity index is 0.000000194. The van der Waals surface area contributed by atoms with Crippen LogP contribution in [0.1, 0.15) is 22.3 Å². The Labute approximate surface area is 128 Å². The van der Waals surface area contributed by atoms with Crippen molar-refractivity contribution in [3.8, 4) is 0 Å². The minimum Gasteiger partial charge on any atom is -0.0622 e. The fourth-order valence-corrected chi connectivity index (χ4v) is 2.19. The van der Waals surface area contributed by atoms with Crippen LogP contribution >= 0.6 is 0 Å². The lowest BCUT2D eigenvalue weighted by atomic mass is 10.0. The molecule has 0 saturated carbocycles. The van der Waals surface area contributed by atoms with E-state index >= 15 is 0 Å². The molecule has 0 unspecified atom stereocenters. The van der Waals surface area contributed by atoms with Crippen molar-refractivity contribution < 1.29 is 0 Å². The molecule has 0 nitrogen and oxygen atoms in total. The van der Waals surface area contributed by atoms with Crippen molar-refractivity contribution in [3.05, 3.63) is 107 Å². The lowest BCUT2D eigenvalue weighted by Gasteiger charge is -2.02. The highest BCUT2D eigenvalue weighted by Gasteiger charge is 1.94. The molecule has 21 heavy (non-hydrogen) atoms. The second kappa shape index (κ2) is 8.06. The van der Waals surface area contributed by atoms with E-state index in [2.05, 4.69) is 80.6 Å². The van der Waals surface area contributed by atoms with Crippen molar-refractivity contribution in [2.75, 3.05) is 0 Å². The molecule has 0 aliphatic carbocycles. The molecular weight excluding hydrogens is 252 g/mol. The summed E-state index contributed by atoms with van der Waals surface area (Å²) >= 11 is 0. The maximum absolute atomic E-state index is 2.24. The van der Waals surface area contributed by atoms with Crippen LogP contribution in [-0.4, -0.2) is 0 Å². The van der Waals surface area contributed by atoms with Gasteiger partial charge in [-0.25, -0.2) is 0 Å². The van der Waals surface area contributed by atoms with Crippen molar-refractivity contribution in [1.82, 2.24) is 0 Å². The van der Waals surface area contributed by atoms with E-state index in [-0.39, 0.29) is 0 Å². The van der Waals surface area contributed by atoms with Gasteiger partial charge in [0.25, 0.3) is 0 Å². The van der Waals surface area contributed by atoms with E-state index in [4.69, 9.17) is 0 Å². The van der Waals surface area contributed by atoms with Gasteiger partial charge in [0.15, 0.2) is 0 Å². The molecule has 3 aromatic rings. The van der Waals surface area contributed by atoms with Crippen LogP contribution < -0.4 is 0 Å². The highest BCUT2D eigenvalue weighted by atomic mass is 14.0. The van der Waals surface area contributed by atoms with Gasteiger partial charge in [-0.15, -0.1) is 0 Å². The molecule has 0 radical (unpaired) electrons. The van der Waals surface area contributed by atoms with Gasteiger partial charge in [-0.2, -0.15) is 0 Å². The zero-order chi connectivity index (χ0) is 14.9. The van der Waals surface area contributed by atoms with Crippen LogP contribution in [0.4, 0.5) is 0 Å². The average molecular weight is 274 g/mol. The molecule has 0 bridgehead atoms. The predicted molar refractivity (Wildman–Crippen MR) is 91.6 cm³/mol. The van der Waals surface area contributed by atoms with Crippen molar-refractivity contribution in [2.45, 2.75) is 20.3 Å². The molecule has 0 amide bonds. The average Bonchev–Trinajstić information content (AvgIpc) is 2.50. The number of hydrogen-bond acceptors (Lipinski definition) is 0. The van der Waals surface area contributed by atoms with Crippen LogP contribution in [0.15, 0.2) is 84.9 Å². The molecule has 3 rings (SSSR count). The first-order valence-electron chi connectivity index (χ1n) is 7.35. The van der Waals surface area contributed by atoms with E-state index < -0.39 is 0 Å². The van der Waals surface area contributed by atoms with Crippen molar-refractivity contribution in [3.63, 3.8) is 0 Å². The first-order chi connectivity index (χ1) is 10.2. The van der Waals surface area contributed by atoms with Gasteiger partial charge in [-0.05, 0) is 31.4 Å². The summed E-state index contributed by atoms with van der Waals surface area (Å²) in [7, 11) is 0. The summed E-state index contributed by atoms with van der Waals surface area (Å²) in [5.41, 5.74) is 5.41. The van der Waals surface area contributed by atoms with Gasteiger partial charge < -0.3 is 0 Å². The maximum Gasteiger partial charge on any atom is -0.00257 e. The van der Waals surface area contributed by atoms with E-state index in [0.717, 1.165) is 6.42 Å². The summed E-state index contributed by atoms with van der Waals surface area (Å²) in [5, 5.41) is 0. The van der Waals surface area contributed by atoms with E-state index in [9.17, 15) is 0 Å². The summed E-state index contributed by atoms with van der Waals surface area (Å²) < 4.78 is 0. The third kappa shape index (κ3) is 5.66. The van der Waals surface area contributed by atoms with Crippen molar-refractivity contribution in [1.29, 1.82) is 0 Å². The molecule has 106 valence electrons. The lowest BCUT2D eigenvalue weighted by Crippen LogP contribution is -1.87. The van der Waals surface area contributed by atoms with Crippen molar-refractivity contribution >= 4 is 0 Å². The van der Waals surface area contributed by atoms with Crippen LogP contribution in [0, 0.1) is 13.8 Å². The third-order valence-corrected chi connectivity index (χ3v) is 3.27. The maximum atomic E-state index is 2.24. The lowest BCUT2D eigenvalue weighted by molar-refractivity contribution is 1.18. The Morgan fingerprint density at radius 2 is 1.05 bits per heavy atom. The van der Waals surface area contributed by atoms with Gasteiger partial charge in [0.2, 0.25) is 0 Å². The molecule has 0 atom stereocenters. The fraction of sp³-hybridized carbons (Fsp3) is 0.143. The molecule has 0 heteroatoms. The molecule has 0 spiro atoms. The number of hydrogen-bond donors (Lipinski definition) is 0. The SMILES string of the molecule is Cc1cccc(Cc2ccccc2)c1.Cc1ccccc1. The highest BCUT2D eigenvalue weighted by Crippen LogP contribution is 2.10. The first kappa shape index (κ1) is 15.1. The Hall–Kier alpha value is -2.34. The molecule has 0 aliphatic rings. The Bertz CT molecular complexity index is 639. The van der Waals surface area contributed by atoms with E-state index in [1.165, 1.54) is 22.3 Å². The summed E-state index contributed by atoms with van der Waals surface area (Å²) in [6.45, 7) is 4.22. The van der Waals surface area contributed by atoms with Crippen LogP contribution in [0.3, 0.4) is 0 Å². The molecule has 0 aliphatic heterocycles. The van der Waals surface area contributed by atoms with Crippen LogP contribution in [0.2, 0.25) is 0 Å². The largest absolute Gasteiger partial charge is 0.0622 e. The van der Waals surface area contributed by atoms with Gasteiger partial charge in [-0.3, -0.25) is 0 Å². The molecular formula is C21H22. The molecule has 0 fully saturated rings. The summed E-state index contributed by atoms with van der Waals surface area (Å²) in [5.74, 6) is 0. The normalized spacial score (nSPS) is 9.62. The van der Waals surface area contributed by atoms with Crippen molar-refractivity contribution in [2.24, 2.45) is 0 Å². The molecule has 0 saturated heterocycles. The second-order valence-corrected chi connectivity index (χ2v) is 5.31. The number of benzene rings is 3. The zero-order valence-corrected chi connectivity index (χ0v) is 12.8. The standard InChI is InChI=1S/C14H14.C7H8/c1-12-6-5-9-14(10-12)11-13-7-3-2-4-8-13;1-7-5-3-2-4-6-7/h2-10H,11H2,1H3;2-6H,1H3. The van der Waals surface area contributed by atoms with Crippen LogP contribution in [0.25, 0.3) is 0 Å². The topological polar surface area (TPSA) is 0 Å².